The Morgan fingerprint density at radius 2 is 1.15 bits per heavy atom. The molecular formula is C20H46B5F. The van der Waals surface area contributed by atoms with Crippen molar-refractivity contribution in [3.05, 3.63) is 0 Å². The second-order valence-corrected chi connectivity index (χ2v) is 13.4. The summed E-state index contributed by atoms with van der Waals surface area (Å²) in [6.07, 6.45) is 1.18. The largest absolute Gasteiger partial charge is 0.341 e. The van der Waals surface area contributed by atoms with E-state index in [1.54, 1.807) is 0 Å². The summed E-state index contributed by atoms with van der Waals surface area (Å²) in [6.45, 7) is 28.0. The molecule has 0 radical (unpaired) electrons. The van der Waals surface area contributed by atoms with Crippen molar-refractivity contribution in [2.75, 3.05) is 0 Å². The molecule has 0 rings (SSSR count). The summed E-state index contributed by atoms with van der Waals surface area (Å²) in [5, 5.41) is 0.0866. The fourth-order valence-electron chi connectivity index (χ4n) is 4.64. The highest BCUT2D eigenvalue weighted by Gasteiger charge is 2.50. The molecule has 0 nitrogen and oxygen atoms in total. The second kappa shape index (κ2) is 7.94. The van der Waals surface area contributed by atoms with Crippen molar-refractivity contribution in [3.63, 3.8) is 0 Å². The van der Waals surface area contributed by atoms with Crippen LogP contribution >= 0.6 is 0 Å². The molecule has 0 aromatic carbocycles. The summed E-state index contributed by atoms with van der Waals surface area (Å²) >= 11 is 0. The van der Waals surface area contributed by atoms with Gasteiger partial charge in [-0.1, -0.05) is 105 Å². The molecule has 0 heterocycles. The Hall–Kier alpha value is 0.255. The second-order valence-electron chi connectivity index (χ2n) is 13.4. The Morgan fingerprint density at radius 3 is 1.50 bits per heavy atom. The van der Waals surface area contributed by atoms with Crippen molar-refractivity contribution in [1.29, 1.82) is 0 Å². The van der Waals surface area contributed by atoms with Crippen LogP contribution in [-0.2, 0) is 0 Å². The lowest BCUT2D eigenvalue weighted by molar-refractivity contribution is 0.132. The number of hydrogen-bond acceptors (Lipinski definition) is 0. The Bertz CT molecular complexity index is 465. The summed E-state index contributed by atoms with van der Waals surface area (Å²) in [4.78, 5) is 0. The van der Waals surface area contributed by atoms with Crippen molar-refractivity contribution in [2.45, 2.75) is 116 Å². The zero-order valence-corrected chi connectivity index (χ0v) is 20.8. The first-order chi connectivity index (χ1) is 11.1. The number of rotatable bonds is 10. The summed E-state index contributed by atoms with van der Waals surface area (Å²) in [5.41, 5.74) is 0.423. The predicted molar refractivity (Wildman–Crippen MR) is 132 cm³/mol. The minimum atomic E-state index is -0.299. The van der Waals surface area contributed by atoms with E-state index in [1.807, 2.05) is 0 Å². The molecule has 0 aromatic rings. The van der Waals surface area contributed by atoms with Crippen LogP contribution in [0.1, 0.15) is 89.5 Å². The highest BCUT2D eigenvalue weighted by molar-refractivity contribution is 6.60. The molecule has 0 fully saturated rings. The fraction of sp³-hybridized carbons (Fsp3) is 1.00. The average molecular weight is 360 g/mol. The lowest BCUT2D eigenvalue weighted by atomic mass is 9.21. The lowest BCUT2D eigenvalue weighted by Crippen LogP contribution is -2.46. The van der Waals surface area contributed by atoms with E-state index in [2.05, 4.69) is 98.8 Å². The monoisotopic (exact) mass is 360 g/mol. The minimum absolute atomic E-state index is 0.0416. The molecule has 0 saturated carbocycles. The van der Waals surface area contributed by atoms with Gasteiger partial charge in [-0.2, -0.15) is 0 Å². The van der Waals surface area contributed by atoms with Gasteiger partial charge in [0.15, 0.2) is 0 Å². The summed E-state index contributed by atoms with van der Waals surface area (Å²) < 4.78 is 13.7. The molecule has 148 valence electrons. The van der Waals surface area contributed by atoms with Crippen LogP contribution in [0.3, 0.4) is 0 Å². The van der Waals surface area contributed by atoms with Gasteiger partial charge in [-0.3, -0.25) is 0 Å². The van der Waals surface area contributed by atoms with Gasteiger partial charge >= 0.3 is 7.56 Å². The van der Waals surface area contributed by atoms with E-state index in [1.165, 1.54) is 13.7 Å². The van der Waals surface area contributed by atoms with Gasteiger partial charge < -0.3 is 4.32 Å². The molecule has 2 atom stereocenters. The van der Waals surface area contributed by atoms with E-state index in [0.29, 0.717) is 11.0 Å². The first-order valence-corrected chi connectivity index (χ1v) is 10.7. The van der Waals surface area contributed by atoms with Crippen LogP contribution < -0.4 is 0 Å². The maximum atomic E-state index is 13.7. The SMILES string of the molecule is BC(C)(BC(C)(C)C(C)(C)CC(C)(C)C(B)(C)BC(C)C)C(C)(C)BF. The fourth-order valence-corrected chi connectivity index (χ4v) is 4.64. The Balaban J connectivity index is 5.59. The zero-order chi connectivity index (χ0) is 21.4. The maximum Gasteiger partial charge on any atom is 0.336 e. The van der Waals surface area contributed by atoms with Gasteiger partial charge in [-0.25, -0.2) is 0 Å². The van der Waals surface area contributed by atoms with Crippen molar-refractivity contribution in [2.24, 2.45) is 10.8 Å². The van der Waals surface area contributed by atoms with Crippen molar-refractivity contribution in [1.82, 2.24) is 0 Å². The molecule has 0 saturated heterocycles. The summed E-state index contributed by atoms with van der Waals surface area (Å²) in [7, 11) is 6.70. The molecule has 0 aliphatic heterocycles. The molecular weight excluding hydrogens is 313 g/mol. The van der Waals surface area contributed by atoms with Gasteiger partial charge in [0.25, 0.3) is 0 Å². The molecule has 6 heteroatoms. The van der Waals surface area contributed by atoms with Gasteiger partial charge in [-0.05, 0) is 22.6 Å². The first-order valence-electron chi connectivity index (χ1n) is 10.7. The number of halogens is 1. The Kier molecular flexibility index (Phi) is 8.02. The molecule has 0 N–H and O–H groups in total. The third-order valence-corrected chi connectivity index (χ3v) is 8.52. The van der Waals surface area contributed by atoms with E-state index in [-0.39, 0.29) is 34.2 Å². The number of hydrogen-bond donors (Lipinski definition) is 0. The maximum absolute atomic E-state index is 13.7. The van der Waals surface area contributed by atoms with Crippen LogP contribution in [0, 0.1) is 10.8 Å². The highest BCUT2D eigenvalue weighted by atomic mass is 19.1. The molecule has 0 spiro atoms. The lowest BCUT2D eigenvalue weighted by Gasteiger charge is -2.54. The third-order valence-electron chi connectivity index (χ3n) is 8.52. The highest BCUT2D eigenvalue weighted by Crippen LogP contribution is 2.60. The topological polar surface area (TPSA) is 0 Å². The van der Waals surface area contributed by atoms with Crippen LogP contribution in [0.15, 0.2) is 0 Å². The van der Waals surface area contributed by atoms with E-state index in [9.17, 15) is 4.32 Å². The first kappa shape index (κ1) is 26.3. The summed E-state index contributed by atoms with van der Waals surface area (Å²) in [6, 6.07) is 0. The smallest absolute Gasteiger partial charge is 0.336 e. The minimum Gasteiger partial charge on any atom is -0.341 e. The molecule has 2 unspecified atom stereocenters. The van der Waals surface area contributed by atoms with Crippen molar-refractivity contribution >= 4 is 37.8 Å². The van der Waals surface area contributed by atoms with E-state index < -0.39 is 0 Å². The van der Waals surface area contributed by atoms with E-state index in [4.69, 9.17) is 0 Å². The van der Waals surface area contributed by atoms with Crippen molar-refractivity contribution in [3.8, 4) is 0 Å². The van der Waals surface area contributed by atoms with E-state index in [0.717, 1.165) is 7.28 Å². The zero-order valence-electron chi connectivity index (χ0n) is 20.8. The van der Waals surface area contributed by atoms with Crippen molar-refractivity contribution < 1.29 is 4.32 Å². The van der Waals surface area contributed by atoms with Crippen LogP contribution in [-0.4, -0.2) is 37.8 Å². The predicted octanol–water partition coefficient (Wildman–Crippen LogP) is 4.39. The Morgan fingerprint density at radius 1 is 0.731 bits per heavy atom. The van der Waals surface area contributed by atoms with Crippen LogP contribution in [0.2, 0.25) is 26.9 Å². The molecule has 0 aliphatic carbocycles. The summed E-state index contributed by atoms with van der Waals surface area (Å²) in [5.74, 6) is 0.713. The van der Waals surface area contributed by atoms with Gasteiger partial charge in [0.2, 0.25) is 0 Å². The van der Waals surface area contributed by atoms with Crippen LogP contribution in [0.5, 0.6) is 0 Å². The average Bonchev–Trinajstić information content (AvgIpc) is 2.33. The standard InChI is InChI=1S/C20H46B5F/c1-14(2)23-19(11,21)16(5,6)13-15(3,4)17(7,8)24-20(12,22)18(9,10)25-26/h14,23-25H,13,21-22H2,1-12H3. The molecule has 26 heavy (non-hydrogen) atoms. The quantitative estimate of drug-likeness (QED) is 0.508. The van der Waals surface area contributed by atoms with Gasteiger partial charge in [0, 0.05) is 0 Å². The Labute approximate surface area is 169 Å². The van der Waals surface area contributed by atoms with Gasteiger partial charge in [0.1, 0.15) is 14.6 Å². The van der Waals surface area contributed by atoms with Crippen LogP contribution in [0.25, 0.3) is 0 Å². The molecule has 0 aliphatic rings. The normalized spacial score (nSPS) is 18.8. The molecule has 0 bridgehead atoms. The molecule has 0 amide bonds. The van der Waals surface area contributed by atoms with Crippen LogP contribution in [0.4, 0.5) is 4.32 Å². The van der Waals surface area contributed by atoms with Gasteiger partial charge in [0.05, 0.1) is 15.7 Å². The van der Waals surface area contributed by atoms with Gasteiger partial charge in [-0.15, -0.1) is 0 Å². The van der Waals surface area contributed by atoms with E-state index >= 15 is 0 Å². The third kappa shape index (κ3) is 5.87. The molecule has 0 aromatic heterocycles.